The number of nitrogens with zero attached hydrogens (tertiary/aromatic N) is 1. The van der Waals surface area contributed by atoms with Crippen LogP contribution in [0, 0.1) is 0 Å². The van der Waals surface area contributed by atoms with Crippen molar-refractivity contribution in [2.75, 3.05) is 6.54 Å². The second kappa shape index (κ2) is 7.63. The summed E-state index contributed by atoms with van der Waals surface area (Å²) in [5, 5.41) is 8.38. The van der Waals surface area contributed by atoms with E-state index in [9.17, 15) is 4.79 Å². The molecule has 0 heterocycles. The normalized spacial score (nSPS) is 11.2. The third kappa shape index (κ3) is 8.90. The lowest BCUT2D eigenvalue weighted by Gasteiger charge is -2.03. The van der Waals surface area contributed by atoms with Crippen LogP contribution in [-0.2, 0) is 4.79 Å². The molecule has 7 heteroatoms. The molecule has 1 atom stereocenters. The zero-order chi connectivity index (χ0) is 9.56. The van der Waals surface area contributed by atoms with Crippen LogP contribution in [0.1, 0.15) is 12.8 Å². The largest absolute Gasteiger partial charge is 0.480 e. The topological polar surface area (TPSA) is 128 Å². The van der Waals surface area contributed by atoms with Crippen LogP contribution < -0.4 is 17.2 Å². The van der Waals surface area contributed by atoms with E-state index in [1.54, 1.807) is 0 Å². The van der Waals surface area contributed by atoms with Crippen LogP contribution in [0.5, 0.6) is 0 Å². The van der Waals surface area contributed by atoms with Gasteiger partial charge in [-0.3, -0.25) is 9.79 Å². The molecule has 6 nitrogen and oxygen atoms in total. The Kier molecular flexibility index (Phi) is 8.52. The average molecular weight is 217 g/mol. The molecule has 0 unspecified atom stereocenters. The Morgan fingerprint density at radius 1 is 1.46 bits per heavy atom. The predicted octanol–water partition coefficient (Wildman–Crippen LogP) is -1.13. The number of guanidine groups is 1. The molecule has 0 rings (SSSR count). The minimum atomic E-state index is -1.00. The summed E-state index contributed by atoms with van der Waals surface area (Å²) in [6.07, 6.45) is 0.956. The molecule has 78 valence electrons. The summed E-state index contributed by atoms with van der Waals surface area (Å²) in [6, 6.07) is -0.820. The monoisotopic (exact) mass is 216 g/mol. The summed E-state index contributed by atoms with van der Waals surface area (Å²) in [5.74, 6) is -0.987. The van der Waals surface area contributed by atoms with Gasteiger partial charge in [0, 0.05) is 6.54 Å². The van der Waals surface area contributed by atoms with E-state index in [0.717, 1.165) is 0 Å². The number of carbonyl (C=O) groups is 1. The van der Waals surface area contributed by atoms with E-state index in [-0.39, 0.29) is 18.4 Å². The molecular weight excluding hydrogens is 201 g/mol. The molecule has 0 aliphatic carbocycles. The van der Waals surface area contributed by atoms with Crippen LogP contribution in [0.3, 0.4) is 0 Å². The fourth-order valence-electron chi connectivity index (χ4n) is 0.643. The number of carboxylic acid groups (broad SMARTS) is 1. The number of carboxylic acids is 1. The predicted molar refractivity (Wildman–Crippen MR) is 52.8 cm³/mol. The molecule has 0 aromatic heterocycles. The first kappa shape index (κ1) is 14.5. The third-order valence-electron chi connectivity index (χ3n) is 1.28. The van der Waals surface area contributed by atoms with E-state index in [2.05, 4.69) is 4.99 Å². The third-order valence-corrected chi connectivity index (χ3v) is 1.28. The van der Waals surface area contributed by atoms with Crippen molar-refractivity contribution in [2.45, 2.75) is 18.9 Å². The molecule has 0 aromatic carbocycles. The molecule has 13 heavy (non-hydrogen) atoms. The number of nitrogens with two attached hydrogens (primary N) is 3. The highest BCUT2D eigenvalue weighted by Crippen LogP contribution is 1.94. The maximum absolute atomic E-state index is 10.2. The average Bonchev–Trinajstić information content (AvgIpc) is 1.97. The molecule has 0 aromatic rings. The van der Waals surface area contributed by atoms with Crippen molar-refractivity contribution in [2.24, 2.45) is 22.2 Å². The molecule has 0 bridgehead atoms. The lowest BCUT2D eigenvalue weighted by atomic mass is 11.1. The molecule has 0 spiro atoms. The van der Waals surface area contributed by atoms with Gasteiger partial charge in [-0.1, -0.05) is 0 Å². The zero-order valence-electron chi connectivity index (χ0n) is 7.14. The Labute approximate surface area is 82.6 Å². The number of aliphatic imine (C=N–C) groups is 1. The highest BCUT2D eigenvalue weighted by molar-refractivity contribution is 5.85. The highest BCUT2D eigenvalue weighted by Gasteiger charge is 2.09. The molecule has 0 saturated heterocycles. The summed E-state index contributed by atoms with van der Waals surface area (Å²) < 4.78 is 0. The first-order chi connectivity index (χ1) is 5.54. The number of hydrogen-bond acceptors (Lipinski definition) is 3. The minimum absolute atomic E-state index is 0. The quantitative estimate of drug-likeness (QED) is 0.200. The molecule has 0 amide bonds. The summed E-state index contributed by atoms with van der Waals surface area (Å²) in [6.45, 7) is 0.420. The van der Waals surface area contributed by atoms with Gasteiger partial charge in [0.05, 0.1) is 0 Å². The Hall–Kier alpha value is -1.01. The fourth-order valence-corrected chi connectivity index (χ4v) is 0.643. The van der Waals surface area contributed by atoms with Crippen molar-refractivity contribution >= 4 is 24.3 Å². The summed E-state index contributed by atoms with van der Waals surface area (Å²) in [7, 11) is 0. The van der Waals surface area contributed by atoms with Gasteiger partial charge < -0.3 is 22.3 Å². The Bertz CT molecular complexity index is 181. The van der Waals surface area contributed by atoms with Gasteiger partial charge in [-0.2, -0.15) is 0 Å². The smallest absolute Gasteiger partial charge is 0.320 e. The standard InChI is InChI=1S/C6H14N4O2.ClH/c7-4(5(11)12)2-1-3-10-6(8)9;/h4H,1-3,7H2,(H,11,12)(H4,8,9,10);1H/t4-;/m1./s1/i1+1,2+1,3+1,4+1,5+1,6+1;. The summed E-state index contributed by atoms with van der Waals surface area (Å²) in [5.41, 5.74) is 15.3. The second-order valence-corrected chi connectivity index (χ2v) is 2.39. The lowest BCUT2D eigenvalue weighted by Crippen LogP contribution is -2.30. The van der Waals surface area contributed by atoms with Gasteiger partial charge >= 0.3 is 5.97 Å². The first-order valence-electron chi connectivity index (χ1n) is 3.58. The van der Waals surface area contributed by atoms with Crippen molar-refractivity contribution in [3.63, 3.8) is 0 Å². The van der Waals surface area contributed by atoms with Gasteiger partial charge in [0.15, 0.2) is 5.96 Å². The molecule has 0 radical (unpaired) electrons. The van der Waals surface area contributed by atoms with Crippen LogP contribution in [0.25, 0.3) is 0 Å². The molecular formula is C6H15ClN4O2. The van der Waals surface area contributed by atoms with E-state index in [1.807, 2.05) is 0 Å². The van der Waals surface area contributed by atoms with Crippen molar-refractivity contribution < 1.29 is 9.90 Å². The van der Waals surface area contributed by atoms with E-state index in [0.29, 0.717) is 19.4 Å². The van der Waals surface area contributed by atoms with Crippen molar-refractivity contribution in [1.82, 2.24) is 0 Å². The van der Waals surface area contributed by atoms with Crippen LogP contribution in [-0.4, -0.2) is 29.6 Å². The van der Waals surface area contributed by atoms with E-state index in [4.69, 9.17) is 22.3 Å². The van der Waals surface area contributed by atoms with Crippen LogP contribution in [0.15, 0.2) is 4.99 Å². The van der Waals surface area contributed by atoms with Gasteiger partial charge in [0.25, 0.3) is 0 Å². The molecule has 7 N–H and O–H groups in total. The highest BCUT2D eigenvalue weighted by atomic mass is 35.5. The van der Waals surface area contributed by atoms with E-state index >= 15 is 0 Å². The zero-order valence-corrected chi connectivity index (χ0v) is 7.96. The van der Waals surface area contributed by atoms with Crippen molar-refractivity contribution in [3.8, 4) is 0 Å². The maximum atomic E-state index is 10.2. The SMILES string of the molecule is Cl.N[13C](N)=N[13CH2][13CH2][13CH2][13C@@H](N)[13C](=O)O. The maximum Gasteiger partial charge on any atom is 0.320 e. The fraction of sp³-hybridized carbons (Fsp3) is 0.667. The number of halogens is 1. The second-order valence-electron chi connectivity index (χ2n) is 2.39. The van der Waals surface area contributed by atoms with Crippen LogP contribution in [0.2, 0.25) is 0 Å². The van der Waals surface area contributed by atoms with Crippen molar-refractivity contribution in [3.05, 3.63) is 0 Å². The number of hydrogen-bond donors (Lipinski definition) is 4. The summed E-state index contributed by atoms with van der Waals surface area (Å²) in [4.78, 5) is 13.9. The number of aliphatic carboxylic acids is 1. The van der Waals surface area contributed by atoms with Crippen LogP contribution in [0.4, 0.5) is 0 Å². The van der Waals surface area contributed by atoms with Crippen LogP contribution >= 0.6 is 12.4 Å². The Balaban J connectivity index is 0. The number of rotatable bonds is 5. The molecule has 0 fully saturated rings. The Morgan fingerprint density at radius 3 is 2.38 bits per heavy atom. The summed E-state index contributed by atoms with van der Waals surface area (Å²) >= 11 is 0. The Morgan fingerprint density at radius 2 is 2.00 bits per heavy atom. The van der Waals surface area contributed by atoms with Gasteiger partial charge in [-0.15, -0.1) is 12.4 Å². The van der Waals surface area contributed by atoms with Gasteiger partial charge in [-0.05, 0) is 12.8 Å². The minimum Gasteiger partial charge on any atom is -0.480 e. The lowest BCUT2D eigenvalue weighted by molar-refractivity contribution is -0.138. The van der Waals surface area contributed by atoms with Gasteiger partial charge in [0.1, 0.15) is 6.04 Å². The van der Waals surface area contributed by atoms with Gasteiger partial charge in [0.2, 0.25) is 0 Å². The first-order valence-corrected chi connectivity index (χ1v) is 3.58. The van der Waals surface area contributed by atoms with Crippen molar-refractivity contribution in [1.29, 1.82) is 0 Å². The van der Waals surface area contributed by atoms with E-state index in [1.165, 1.54) is 0 Å². The molecule has 0 saturated carbocycles. The molecule has 0 aliphatic heterocycles. The van der Waals surface area contributed by atoms with Gasteiger partial charge in [-0.25, -0.2) is 0 Å². The van der Waals surface area contributed by atoms with E-state index < -0.39 is 12.0 Å². The molecule has 0 aliphatic rings.